The number of likely N-dealkylation sites (tertiary alicyclic amines) is 1. The van der Waals surface area contributed by atoms with Gasteiger partial charge in [-0.25, -0.2) is 9.59 Å². The third kappa shape index (κ3) is 4.33. The van der Waals surface area contributed by atoms with Crippen molar-refractivity contribution in [3.05, 3.63) is 46.1 Å². The lowest BCUT2D eigenvalue weighted by Crippen LogP contribution is -2.50. The second-order valence-corrected chi connectivity index (χ2v) is 7.83. The van der Waals surface area contributed by atoms with Gasteiger partial charge in [-0.3, -0.25) is 9.80 Å². The first-order chi connectivity index (χ1) is 13.4. The minimum Gasteiger partial charge on any atom is -0.463 e. The summed E-state index contributed by atoms with van der Waals surface area (Å²) in [6, 6.07) is 6.81. The fourth-order valence-electron chi connectivity index (χ4n) is 3.92. The number of rotatable bonds is 5. The van der Waals surface area contributed by atoms with Crippen LogP contribution in [-0.2, 0) is 9.53 Å². The number of amides is 2. The Labute approximate surface area is 171 Å². The number of benzene rings is 1. The van der Waals surface area contributed by atoms with E-state index in [1.165, 1.54) is 11.3 Å². The zero-order chi connectivity index (χ0) is 20.3. The molecule has 2 heterocycles. The lowest BCUT2D eigenvalue weighted by atomic mass is 9.93. The van der Waals surface area contributed by atoms with Crippen molar-refractivity contribution in [3.63, 3.8) is 0 Å². The number of carbonyl (C=O) groups is 2. The summed E-state index contributed by atoms with van der Waals surface area (Å²) in [4.78, 5) is 29.5. The van der Waals surface area contributed by atoms with Crippen molar-refractivity contribution in [1.29, 1.82) is 0 Å². The molecule has 28 heavy (non-hydrogen) atoms. The molecule has 2 atom stereocenters. The van der Waals surface area contributed by atoms with E-state index in [2.05, 4.69) is 17.1 Å². The number of hydrogen-bond acceptors (Lipinski definition) is 4. The molecule has 0 saturated carbocycles. The number of esters is 1. The summed E-state index contributed by atoms with van der Waals surface area (Å²) in [6.45, 7) is 5.75. The Hall–Kier alpha value is -2.05. The van der Waals surface area contributed by atoms with Crippen molar-refractivity contribution < 1.29 is 14.3 Å². The van der Waals surface area contributed by atoms with E-state index < -0.39 is 12.0 Å². The monoisotopic (exact) mass is 405 g/mol. The van der Waals surface area contributed by atoms with Gasteiger partial charge in [-0.15, -0.1) is 0 Å². The van der Waals surface area contributed by atoms with Crippen LogP contribution in [0, 0.1) is 0 Å². The van der Waals surface area contributed by atoms with Gasteiger partial charge in [-0.2, -0.15) is 0 Å². The molecule has 3 rings (SSSR count). The van der Waals surface area contributed by atoms with E-state index in [9.17, 15) is 9.59 Å². The molecule has 2 amide bonds. The molecule has 0 aliphatic carbocycles. The molecule has 2 aliphatic rings. The summed E-state index contributed by atoms with van der Waals surface area (Å²) in [5.41, 5.74) is 1.94. The van der Waals surface area contributed by atoms with E-state index in [0.29, 0.717) is 28.9 Å². The summed E-state index contributed by atoms with van der Waals surface area (Å²) in [7, 11) is 1.70. The van der Waals surface area contributed by atoms with E-state index in [4.69, 9.17) is 16.3 Å². The van der Waals surface area contributed by atoms with E-state index >= 15 is 0 Å². The van der Waals surface area contributed by atoms with Gasteiger partial charge in [0.05, 0.1) is 18.2 Å². The molecular formula is C21H28ClN3O3. The van der Waals surface area contributed by atoms with Crippen LogP contribution in [0.2, 0.25) is 5.02 Å². The van der Waals surface area contributed by atoms with Crippen molar-refractivity contribution in [1.82, 2.24) is 15.1 Å². The lowest BCUT2D eigenvalue weighted by molar-refractivity contribution is -0.139. The zero-order valence-corrected chi connectivity index (χ0v) is 17.5. The first-order valence-corrected chi connectivity index (χ1v) is 10.2. The first-order valence-electron chi connectivity index (χ1n) is 9.86. The van der Waals surface area contributed by atoms with E-state index in [1.54, 1.807) is 26.1 Å². The number of ether oxygens (including phenoxy) is 1. The molecule has 6 nitrogen and oxygen atoms in total. The molecular weight excluding hydrogens is 378 g/mol. The van der Waals surface area contributed by atoms with Crippen LogP contribution >= 0.6 is 11.6 Å². The molecule has 0 unspecified atom stereocenters. The molecule has 7 heteroatoms. The number of carbonyl (C=O) groups excluding carboxylic acids is 2. The molecule has 1 N–H and O–H groups in total. The largest absolute Gasteiger partial charge is 0.463 e. The fraction of sp³-hybridized carbons (Fsp3) is 0.524. The van der Waals surface area contributed by atoms with Crippen molar-refractivity contribution in [3.8, 4) is 0 Å². The molecule has 1 aromatic rings. The summed E-state index contributed by atoms with van der Waals surface area (Å²) < 4.78 is 5.37. The molecule has 1 saturated heterocycles. The van der Waals surface area contributed by atoms with E-state index in [-0.39, 0.29) is 12.6 Å². The van der Waals surface area contributed by atoms with Crippen LogP contribution in [0.4, 0.5) is 4.79 Å². The van der Waals surface area contributed by atoms with Gasteiger partial charge in [-0.1, -0.05) is 30.2 Å². The number of urea groups is 1. The van der Waals surface area contributed by atoms with Gasteiger partial charge < -0.3 is 10.1 Å². The smallest absolute Gasteiger partial charge is 0.338 e. The summed E-state index contributed by atoms with van der Waals surface area (Å²) >= 11 is 6.17. The van der Waals surface area contributed by atoms with Gasteiger partial charge in [0.2, 0.25) is 0 Å². The average Bonchev–Trinajstić information content (AvgIpc) is 2.67. The van der Waals surface area contributed by atoms with Crippen LogP contribution in [0.5, 0.6) is 0 Å². The zero-order valence-electron chi connectivity index (χ0n) is 16.7. The Morgan fingerprint density at radius 1 is 1.36 bits per heavy atom. The number of nitrogens with one attached hydrogen (secondary N) is 1. The Morgan fingerprint density at radius 3 is 2.82 bits per heavy atom. The minimum atomic E-state index is -0.587. The SMILES string of the molecule is CCOC(=O)C1=C(CN2CCCC[C@@H]2C)N(C)C(=O)N[C@@H]1c1cccc(Cl)c1. The third-order valence-corrected chi connectivity index (χ3v) is 5.78. The van der Waals surface area contributed by atoms with Crippen LogP contribution in [0.15, 0.2) is 35.5 Å². The fourth-order valence-corrected chi connectivity index (χ4v) is 4.12. The number of halogens is 1. The Bertz CT molecular complexity index is 780. The molecule has 0 bridgehead atoms. The summed E-state index contributed by atoms with van der Waals surface area (Å²) in [6.07, 6.45) is 3.46. The number of hydrogen-bond donors (Lipinski definition) is 1. The van der Waals surface area contributed by atoms with Crippen molar-refractivity contribution in [2.45, 2.75) is 45.2 Å². The standard InChI is InChI=1S/C21H28ClN3O3/c1-4-28-20(26)18-17(13-25-11-6-5-8-14(25)2)24(3)21(27)23-19(18)15-9-7-10-16(22)12-15/h7,9-10,12,14,19H,4-6,8,11,13H2,1-3H3,(H,23,27)/t14-,19+/m0/s1. The van der Waals surface area contributed by atoms with Crippen LogP contribution in [0.1, 0.15) is 44.7 Å². The van der Waals surface area contributed by atoms with Gasteiger partial charge in [0.15, 0.2) is 0 Å². The third-order valence-electron chi connectivity index (χ3n) is 5.55. The Kier molecular flexibility index (Phi) is 6.62. The van der Waals surface area contributed by atoms with Crippen molar-refractivity contribution in [2.75, 3.05) is 26.7 Å². The second-order valence-electron chi connectivity index (χ2n) is 7.39. The van der Waals surface area contributed by atoms with Gasteiger partial charge in [0.25, 0.3) is 0 Å². The quantitative estimate of drug-likeness (QED) is 0.758. The molecule has 0 aromatic heterocycles. The molecule has 1 aromatic carbocycles. The highest BCUT2D eigenvalue weighted by Crippen LogP contribution is 2.33. The maximum Gasteiger partial charge on any atom is 0.338 e. The number of likely N-dealkylation sites (N-methyl/N-ethyl adjacent to an activating group) is 1. The van der Waals surface area contributed by atoms with Gasteiger partial charge in [-0.05, 0) is 50.9 Å². The van der Waals surface area contributed by atoms with Crippen LogP contribution in [-0.4, -0.2) is 54.6 Å². The number of nitrogens with zero attached hydrogens (tertiary/aromatic N) is 2. The molecule has 2 aliphatic heterocycles. The molecule has 152 valence electrons. The van der Waals surface area contributed by atoms with Crippen LogP contribution in [0.25, 0.3) is 0 Å². The van der Waals surface area contributed by atoms with Gasteiger partial charge in [0, 0.05) is 30.4 Å². The Balaban J connectivity index is 2.06. The molecule has 0 radical (unpaired) electrons. The van der Waals surface area contributed by atoms with Gasteiger partial charge >= 0.3 is 12.0 Å². The highest BCUT2D eigenvalue weighted by Gasteiger charge is 2.38. The number of piperidine rings is 1. The summed E-state index contributed by atoms with van der Waals surface area (Å²) in [5, 5.41) is 3.48. The second kappa shape index (κ2) is 8.97. The van der Waals surface area contributed by atoms with Crippen molar-refractivity contribution in [2.24, 2.45) is 0 Å². The van der Waals surface area contributed by atoms with E-state index in [0.717, 1.165) is 24.9 Å². The predicted octanol–water partition coefficient (Wildman–Crippen LogP) is 3.73. The maximum absolute atomic E-state index is 12.9. The topological polar surface area (TPSA) is 61.9 Å². The average molecular weight is 406 g/mol. The Morgan fingerprint density at radius 2 is 2.14 bits per heavy atom. The lowest BCUT2D eigenvalue weighted by Gasteiger charge is -2.39. The minimum absolute atomic E-state index is 0.238. The van der Waals surface area contributed by atoms with Crippen molar-refractivity contribution >= 4 is 23.6 Å². The highest BCUT2D eigenvalue weighted by atomic mass is 35.5. The normalized spacial score (nSPS) is 23.6. The highest BCUT2D eigenvalue weighted by molar-refractivity contribution is 6.30. The van der Waals surface area contributed by atoms with Crippen LogP contribution in [0.3, 0.4) is 0 Å². The summed E-state index contributed by atoms with van der Waals surface area (Å²) in [5.74, 6) is -0.404. The van der Waals surface area contributed by atoms with Crippen LogP contribution < -0.4 is 5.32 Å². The van der Waals surface area contributed by atoms with E-state index in [1.807, 2.05) is 12.1 Å². The van der Waals surface area contributed by atoms with Gasteiger partial charge in [0.1, 0.15) is 0 Å². The molecule has 0 spiro atoms. The first kappa shape index (κ1) is 20.7. The molecule has 1 fully saturated rings. The maximum atomic E-state index is 12.9. The predicted molar refractivity (Wildman–Crippen MR) is 109 cm³/mol.